The number of anilines is 2. The van der Waals surface area contributed by atoms with Gasteiger partial charge in [0.05, 0.1) is 18.3 Å². The SMILES string of the molecule is [C-]#[N+][C@H]1CCCC[C@@H]1n1nc(Nc2cccc(Cn3ccnn3)c2)c2c(=O)[nH]ccc21. The molecule has 0 radical (unpaired) electrons. The molecule has 0 saturated heterocycles. The summed E-state index contributed by atoms with van der Waals surface area (Å²) in [5.41, 5.74) is 2.44. The lowest BCUT2D eigenvalue weighted by atomic mass is 9.91. The van der Waals surface area contributed by atoms with Crippen LogP contribution in [0.25, 0.3) is 15.7 Å². The number of H-pyrrole nitrogens is 1. The molecule has 31 heavy (non-hydrogen) atoms. The lowest BCUT2D eigenvalue weighted by Gasteiger charge is -2.24. The molecule has 4 aromatic rings. The van der Waals surface area contributed by atoms with Crippen LogP contribution in [-0.4, -0.2) is 35.8 Å². The second-order valence-corrected chi connectivity index (χ2v) is 7.83. The molecule has 5 rings (SSSR count). The zero-order valence-electron chi connectivity index (χ0n) is 16.9. The van der Waals surface area contributed by atoms with Crippen molar-refractivity contribution in [3.63, 3.8) is 0 Å². The van der Waals surface area contributed by atoms with E-state index in [0.29, 0.717) is 17.7 Å². The van der Waals surface area contributed by atoms with Gasteiger partial charge in [-0.05, 0) is 36.6 Å². The van der Waals surface area contributed by atoms with Crippen LogP contribution in [0.15, 0.2) is 53.7 Å². The number of aromatic nitrogens is 6. The second kappa shape index (κ2) is 8.07. The molecule has 0 spiro atoms. The van der Waals surface area contributed by atoms with Crippen LogP contribution in [0.5, 0.6) is 0 Å². The maximum Gasteiger partial charge on any atom is 0.261 e. The number of hydrogen-bond donors (Lipinski definition) is 2. The van der Waals surface area contributed by atoms with E-state index in [0.717, 1.165) is 42.5 Å². The average Bonchev–Trinajstić information content (AvgIpc) is 3.43. The maximum atomic E-state index is 12.7. The third-order valence-electron chi connectivity index (χ3n) is 5.81. The molecule has 1 aromatic carbocycles. The van der Waals surface area contributed by atoms with Crippen LogP contribution in [0.1, 0.15) is 37.3 Å². The first-order valence-electron chi connectivity index (χ1n) is 10.4. The molecule has 9 heteroatoms. The summed E-state index contributed by atoms with van der Waals surface area (Å²) in [4.78, 5) is 19.3. The van der Waals surface area contributed by atoms with Crippen molar-refractivity contribution in [3.8, 4) is 0 Å². The minimum atomic E-state index is -0.194. The first-order valence-corrected chi connectivity index (χ1v) is 10.4. The molecule has 0 unspecified atom stereocenters. The van der Waals surface area contributed by atoms with E-state index in [4.69, 9.17) is 11.7 Å². The number of fused-ring (bicyclic) bond motifs is 1. The molecular weight excluding hydrogens is 392 g/mol. The van der Waals surface area contributed by atoms with Crippen LogP contribution in [-0.2, 0) is 6.54 Å². The monoisotopic (exact) mass is 414 g/mol. The molecule has 3 heterocycles. The van der Waals surface area contributed by atoms with E-state index in [2.05, 4.69) is 25.5 Å². The molecule has 3 aromatic heterocycles. The van der Waals surface area contributed by atoms with Crippen LogP contribution >= 0.6 is 0 Å². The lowest BCUT2D eigenvalue weighted by Crippen LogP contribution is -2.26. The first-order chi connectivity index (χ1) is 15.2. The summed E-state index contributed by atoms with van der Waals surface area (Å²) in [6, 6.07) is 9.64. The van der Waals surface area contributed by atoms with Crippen molar-refractivity contribution in [2.75, 3.05) is 5.32 Å². The Hall–Kier alpha value is -3.93. The van der Waals surface area contributed by atoms with Crippen molar-refractivity contribution in [1.29, 1.82) is 0 Å². The Labute approximate surface area is 178 Å². The number of hydrogen-bond acceptors (Lipinski definition) is 5. The smallest absolute Gasteiger partial charge is 0.261 e. The van der Waals surface area contributed by atoms with Gasteiger partial charge in [-0.3, -0.25) is 9.48 Å². The van der Waals surface area contributed by atoms with Gasteiger partial charge in [0.1, 0.15) is 11.4 Å². The van der Waals surface area contributed by atoms with Crippen molar-refractivity contribution in [2.45, 2.75) is 44.3 Å². The zero-order valence-corrected chi connectivity index (χ0v) is 16.9. The number of pyridine rings is 1. The third-order valence-corrected chi connectivity index (χ3v) is 5.81. The van der Waals surface area contributed by atoms with Gasteiger partial charge in [-0.25, -0.2) is 11.3 Å². The highest BCUT2D eigenvalue weighted by Crippen LogP contribution is 2.34. The molecule has 1 fully saturated rings. The van der Waals surface area contributed by atoms with E-state index in [1.54, 1.807) is 17.1 Å². The Morgan fingerprint density at radius 1 is 1.26 bits per heavy atom. The molecule has 0 aliphatic heterocycles. The summed E-state index contributed by atoms with van der Waals surface area (Å²) in [5.74, 6) is 0.504. The topological polar surface area (TPSA) is 97.8 Å². The van der Waals surface area contributed by atoms with E-state index >= 15 is 0 Å². The van der Waals surface area contributed by atoms with Gasteiger partial charge >= 0.3 is 0 Å². The van der Waals surface area contributed by atoms with E-state index in [9.17, 15) is 4.79 Å². The number of nitrogens with one attached hydrogen (secondary N) is 2. The Balaban J connectivity index is 1.52. The van der Waals surface area contributed by atoms with Crippen LogP contribution in [0.2, 0.25) is 0 Å². The number of aromatic amines is 1. The predicted molar refractivity (Wildman–Crippen MR) is 117 cm³/mol. The summed E-state index contributed by atoms with van der Waals surface area (Å²) in [6.07, 6.45) is 8.99. The highest BCUT2D eigenvalue weighted by atomic mass is 16.1. The molecular formula is C22H22N8O. The van der Waals surface area contributed by atoms with Crippen molar-refractivity contribution in [3.05, 3.63) is 76.3 Å². The Morgan fingerprint density at radius 2 is 2.16 bits per heavy atom. The fourth-order valence-corrected chi connectivity index (χ4v) is 4.36. The molecule has 9 nitrogen and oxygen atoms in total. The van der Waals surface area contributed by atoms with E-state index < -0.39 is 0 Å². The second-order valence-electron chi connectivity index (χ2n) is 7.83. The Bertz CT molecular complexity index is 1300. The number of rotatable bonds is 5. The predicted octanol–water partition coefficient (Wildman–Crippen LogP) is 3.51. The standard InChI is InChI=1S/C22H22N8O/c1-23-17-7-2-3-8-18(17)30-19-9-10-24-22(31)20(19)21(27-30)26-16-6-4-5-15(13-16)14-29-12-11-25-28-29/h4-6,9-13,17-18H,2-3,7-8,14H2,(H,24,31)(H,26,27)/t17-,18-/m0/s1. The summed E-state index contributed by atoms with van der Waals surface area (Å²) >= 11 is 0. The van der Waals surface area contributed by atoms with Crippen molar-refractivity contribution in [1.82, 2.24) is 29.8 Å². The van der Waals surface area contributed by atoms with Gasteiger partial charge in [-0.15, -0.1) is 5.10 Å². The first kappa shape index (κ1) is 19.1. The van der Waals surface area contributed by atoms with Crippen molar-refractivity contribution < 1.29 is 0 Å². The molecule has 2 N–H and O–H groups in total. The highest BCUT2D eigenvalue weighted by Gasteiger charge is 2.33. The van der Waals surface area contributed by atoms with E-state index in [1.165, 1.54) is 0 Å². The third kappa shape index (κ3) is 3.68. The number of benzene rings is 1. The summed E-state index contributed by atoms with van der Waals surface area (Å²) in [7, 11) is 0. The molecule has 0 bridgehead atoms. The van der Waals surface area contributed by atoms with E-state index in [1.807, 2.05) is 41.2 Å². The van der Waals surface area contributed by atoms with Crippen LogP contribution in [0.3, 0.4) is 0 Å². The van der Waals surface area contributed by atoms with Crippen LogP contribution in [0.4, 0.5) is 11.5 Å². The highest BCUT2D eigenvalue weighted by molar-refractivity contribution is 5.91. The van der Waals surface area contributed by atoms with Crippen LogP contribution < -0.4 is 10.9 Å². The number of nitrogens with zero attached hydrogens (tertiary/aromatic N) is 6. The van der Waals surface area contributed by atoms with Crippen LogP contribution in [0, 0.1) is 6.57 Å². The van der Waals surface area contributed by atoms with Gasteiger partial charge in [0, 0.05) is 24.5 Å². The zero-order chi connectivity index (χ0) is 21.2. The Kier molecular flexibility index (Phi) is 4.96. The van der Waals surface area contributed by atoms with Gasteiger partial charge in [-0.1, -0.05) is 23.8 Å². The van der Waals surface area contributed by atoms with E-state index in [-0.39, 0.29) is 17.6 Å². The van der Waals surface area contributed by atoms with Gasteiger partial charge in [0.15, 0.2) is 5.82 Å². The Morgan fingerprint density at radius 3 is 3.00 bits per heavy atom. The fourth-order valence-electron chi connectivity index (χ4n) is 4.36. The van der Waals surface area contributed by atoms with Crippen molar-refractivity contribution in [2.24, 2.45) is 0 Å². The minimum Gasteiger partial charge on any atom is -0.338 e. The normalized spacial score (nSPS) is 18.7. The molecule has 156 valence electrons. The maximum absolute atomic E-state index is 12.7. The summed E-state index contributed by atoms with van der Waals surface area (Å²) < 4.78 is 3.63. The molecule has 1 aliphatic rings. The van der Waals surface area contributed by atoms with Gasteiger partial charge in [0.25, 0.3) is 5.56 Å². The molecule has 1 aliphatic carbocycles. The lowest BCUT2D eigenvalue weighted by molar-refractivity contribution is 0.321. The van der Waals surface area contributed by atoms with Gasteiger partial charge in [-0.2, -0.15) is 5.10 Å². The molecule has 1 saturated carbocycles. The molecule has 0 amide bonds. The molecule has 2 atom stereocenters. The van der Waals surface area contributed by atoms with Gasteiger partial charge in [0.2, 0.25) is 6.04 Å². The summed E-state index contributed by atoms with van der Waals surface area (Å²) in [5, 5.41) is 16.5. The minimum absolute atomic E-state index is 0.0234. The largest absolute Gasteiger partial charge is 0.338 e. The van der Waals surface area contributed by atoms with Gasteiger partial charge < -0.3 is 15.1 Å². The fraction of sp³-hybridized carbons (Fsp3) is 0.318. The summed E-state index contributed by atoms with van der Waals surface area (Å²) in [6.45, 7) is 8.20. The quantitative estimate of drug-likeness (QED) is 0.487. The average molecular weight is 414 g/mol. The van der Waals surface area contributed by atoms with Crippen molar-refractivity contribution >= 4 is 22.4 Å².